The topological polar surface area (TPSA) is 54.4 Å². The standard InChI is InChI=1S/C9H9N3O/c1-6-9(13)12-8(11-6)7-4-2-3-5-10-7/h2-6H,1H3,(H,11,12,13). The Hall–Kier alpha value is -1.71. The molecule has 1 atom stereocenters. The fourth-order valence-corrected chi connectivity index (χ4v) is 1.14. The highest BCUT2D eigenvalue weighted by Crippen LogP contribution is 2.04. The van der Waals surface area contributed by atoms with Gasteiger partial charge in [0, 0.05) is 6.20 Å². The lowest BCUT2D eigenvalue weighted by molar-refractivity contribution is -0.119. The molecule has 1 N–H and O–H groups in total. The zero-order valence-electron chi connectivity index (χ0n) is 7.19. The van der Waals surface area contributed by atoms with E-state index in [0.717, 1.165) is 0 Å². The average molecular weight is 175 g/mol. The molecule has 0 aromatic carbocycles. The van der Waals surface area contributed by atoms with Gasteiger partial charge in [0.2, 0.25) is 5.91 Å². The van der Waals surface area contributed by atoms with Crippen LogP contribution in [0.1, 0.15) is 12.6 Å². The van der Waals surface area contributed by atoms with E-state index >= 15 is 0 Å². The Balaban J connectivity index is 2.30. The van der Waals surface area contributed by atoms with Crippen LogP contribution >= 0.6 is 0 Å². The quantitative estimate of drug-likeness (QED) is 0.669. The maximum absolute atomic E-state index is 11.1. The number of amides is 1. The summed E-state index contributed by atoms with van der Waals surface area (Å²) in [5, 5.41) is 2.67. The van der Waals surface area contributed by atoms with Crippen LogP contribution in [0.3, 0.4) is 0 Å². The first-order chi connectivity index (χ1) is 6.27. The number of hydrogen-bond acceptors (Lipinski definition) is 3. The molecular weight excluding hydrogens is 166 g/mol. The minimum Gasteiger partial charge on any atom is -0.307 e. The first kappa shape index (κ1) is 7.91. The van der Waals surface area contributed by atoms with E-state index in [-0.39, 0.29) is 11.9 Å². The van der Waals surface area contributed by atoms with Gasteiger partial charge in [-0.05, 0) is 19.1 Å². The monoisotopic (exact) mass is 175 g/mol. The molecule has 1 aliphatic heterocycles. The van der Waals surface area contributed by atoms with Crippen molar-refractivity contribution in [3.63, 3.8) is 0 Å². The summed E-state index contributed by atoms with van der Waals surface area (Å²) in [4.78, 5) is 19.3. The number of aliphatic imine (C=N–C) groups is 1. The average Bonchev–Trinajstić information content (AvgIpc) is 2.49. The van der Waals surface area contributed by atoms with Crippen LogP contribution in [0.5, 0.6) is 0 Å². The summed E-state index contributed by atoms with van der Waals surface area (Å²) in [6, 6.07) is 5.21. The van der Waals surface area contributed by atoms with Crippen molar-refractivity contribution in [2.24, 2.45) is 4.99 Å². The van der Waals surface area contributed by atoms with E-state index in [9.17, 15) is 4.79 Å². The van der Waals surface area contributed by atoms with Crippen molar-refractivity contribution in [2.75, 3.05) is 0 Å². The highest BCUT2D eigenvalue weighted by Gasteiger charge is 2.22. The largest absolute Gasteiger partial charge is 0.307 e. The second-order valence-corrected chi connectivity index (χ2v) is 2.86. The van der Waals surface area contributed by atoms with Gasteiger partial charge >= 0.3 is 0 Å². The number of hydrogen-bond donors (Lipinski definition) is 1. The molecule has 1 aliphatic rings. The third kappa shape index (κ3) is 1.42. The molecule has 2 heterocycles. The van der Waals surface area contributed by atoms with Crippen LogP contribution in [-0.4, -0.2) is 22.8 Å². The third-order valence-electron chi connectivity index (χ3n) is 1.85. The van der Waals surface area contributed by atoms with Gasteiger partial charge in [0.1, 0.15) is 11.7 Å². The van der Waals surface area contributed by atoms with Crippen molar-refractivity contribution in [2.45, 2.75) is 13.0 Å². The first-order valence-electron chi connectivity index (χ1n) is 4.07. The number of nitrogens with one attached hydrogen (secondary N) is 1. The molecule has 1 unspecified atom stereocenters. The molecule has 1 amide bonds. The molecule has 0 fully saturated rings. The summed E-state index contributed by atoms with van der Waals surface area (Å²) in [6.45, 7) is 1.76. The second-order valence-electron chi connectivity index (χ2n) is 2.86. The Morgan fingerprint density at radius 3 is 2.85 bits per heavy atom. The molecule has 0 saturated heterocycles. The second kappa shape index (κ2) is 2.97. The number of amidine groups is 1. The Bertz CT molecular complexity index is 358. The molecular formula is C9H9N3O. The van der Waals surface area contributed by atoms with E-state index in [1.807, 2.05) is 18.2 Å². The van der Waals surface area contributed by atoms with Crippen molar-refractivity contribution in [3.05, 3.63) is 30.1 Å². The Morgan fingerprint density at radius 2 is 2.31 bits per heavy atom. The molecule has 0 bridgehead atoms. The number of carbonyl (C=O) groups excluding carboxylic acids is 1. The molecule has 4 nitrogen and oxygen atoms in total. The van der Waals surface area contributed by atoms with Crippen molar-refractivity contribution >= 4 is 11.7 Å². The molecule has 4 heteroatoms. The Labute approximate surface area is 75.7 Å². The fourth-order valence-electron chi connectivity index (χ4n) is 1.14. The molecule has 0 saturated carbocycles. The number of pyridine rings is 1. The highest BCUT2D eigenvalue weighted by atomic mass is 16.2. The normalized spacial score (nSPS) is 21.2. The van der Waals surface area contributed by atoms with Gasteiger partial charge in [0.25, 0.3) is 0 Å². The van der Waals surface area contributed by atoms with Gasteiger partial charge in [-0.25, -0.2) is 0 Å². The summed E-state index contributed by atoms with van der Waals surface area (Å²) in [7, 11) is 0. The first-order valence-corrected chi connectivity index (χ1v) is 4.07. The summed E-state index contributed by atoms with van der Waals surface area (Å²) >= 11 is 0. The van der Waals surface area contributed by atoms with Crippen molar-refractivity contribution < 1.29 is 4.79 Å². The van der Waals surface area contributed by atoms with Gasteiger partial charge in [0.15, 0.2) is 5.84 Å². The van der Waals surface area contributed by atoms with E-state index in [4.69, 9.17) is 0 Å². The summed E-state index contributed by atoms with van der Waals surface area (Å²) in [5.41, 5.74) is 0.709. The number of rotatable bonds is 1. The summed E-state index contributed by atoms with van der Waals surface area (Å²) < 4.78 is 0. The highest BCUT2D eigenvalue weighted by molar-refractivity contribution is 6.12. The zero-order valence-corrected chi connectivity index (χ0v) is 7.19. The Kier molecular flexibility index (Phi) is 1.81. The van der Waals surface area contributed by atoms with E-state index in [0.29, 0.717) is 11.5 Å². The van der Waals surface area contributed by atoms with Gasteiger partial charge in [0.05, 0.1) is 0 Å². The molecule has 1 aromatic rings. The third-order valence-corrected chi connectivity index (χ3v) is 1.85. The van der Waals surface area contributed by atoms with Crippen LogP contribution in [0.2, 0.25) is 0 Å². The minimum absolute atomic E-state index is 0.0688. The molecule has 0 radical (unpaired) electrons. The predicted octanol–water partition coefficient (Wildman–Crippen LogP) is 0.346. The van der Waals surface area contributed by atoms with Crippen LogP contribution < -0.4 is 5.32 Å². The molecule has 2 rings (SSSR count). The number of carbonyl (C=O) groups is 1. The summed E-state index contributed by atoms with van der Waals surface area (Å²) in [5.74, 6) is 0.499. The molecule has 1 aromatic heterocycles. The maximum atomic E-state index is 11.1. The number of aromatic nitrogens is 1. The van der Waals surface area contributed by atoms with Gasteiger partial charge in [-0.3, -0.25) is 14.8 Å². The lowest BCUT2D eigenvalue weighted by atomic mass is 10.3. The van der Waals surface area contributed by atoms with Crippen LogP contribution in [0.25, 0.3) is 0 Å². The molecule has 0 aliphatic carbocycles. The van der Waals surface area contributed by atoms with Crippen molar-refractivity contribution in [1.29, 1.82) is 0 Å². The van der Waals surface area contributed by atoms with Crippen LogP contribution in [0, 0.1) is 0 Å². The minimum atomic E-state index is -0.294. The van der Waals surface area contributed by atoms with Crippen LogP contribution in [0.4, 0.5) is 0 Å². The SMILES string of the molecule is CC1N=C(c2ccccn2)NC1=O. The van der Waals surface area contributed by atoms with E-state index < -0.39 is 0 Å². The van der Waals surface area contributed by atoms with Crippen LogP contribution in [-0.2, 0) is 4.79 Å². The molecule has 66 valence electrons. The van der Waals surface area contributed by atoms with E-state index in [2.05, 4.69) is 15.3 Å². The van der Waals surface area contributed by atoms with Gasteiger partial charge in [-0.15, -0.1) is 0 Å². The summed E-state index contributed by atoms with van der Waals surface area (Å²) in [6.07, 6.45) is 1.67. The zero-order chi connectivity index (χ0) is 9.26. The molecule has 13 heavy (non-hydrogen) atoms. The van der Waals surface area contributed by atoms with E-state index in [1.165, 1.54) is 0 Å². The van der Waals surface area contributed by atoms with Gasteiger partial charge in [-0.1, -0.05) is 6.07 Å². The van der Waals surface area contributed by atoms with Gasteiger partial charge < -0.3 is 5.32 Å². The molecule has 0 spiro atoms. The van der Waals surface area contributed by atoms with Crippen molar-refractivity contribution in [1.82, 2.24) is 10.3 Å². The number of nitrogens with zero attached hydrogens (tertiary/aromatic N) is 2. The van der Waals surface area contributed by atoms with Gasteiger partial charge in [-0.2, -0.15) is 0 Å². The van der Waals surface area contributed by atoms with Crippen LogP contribution in [0.15, 0.2) is 29.4 Å². The van der Waals surface area contributed by atoms with Crippen molar-refractivity contribution in [3.8, 4) is 0 Å². The lowest BCUT2D eigenvalue weighted by Gasteiger charge is -1.97. The maximum Gasteiger partial charge on any atom is 0.250 e. The fraction of sp³-hybridized carbons (Fsp3) is 0.222. The smallest absolute Gasteiger partial charge is 0.250 e. The Morgan fingerprint density at radius 1 is 1.46 bits per heavy atom. The van der Waals surface area contributed by atoms with E-state index in [1.54, 1.807) is 13.1 Å². The lowest BCUT2D eigenvalue weighted by Crippen LogP contribution is -2.28. The predicted molar refractivity (Wildman–Crippen MR) is 48.4 cm³/mol.